The molecule has 1 fully saturated rings. The second kappa shape index (κ2) is 5.50. The van der Waals surface area contributed by atoms with Crippen molar-refractivity contribution in [2.24, 2.45) is 5.92 Å². The molecule has 1 rings (SSSR count). The van der Waals surface area contributed by atoms with E-state index in [2.05, 4.69) is 10.6 Å². The highest BCUT2D eigenvalue weighted by atomic mass is 16.6. The van der Waals surface area contributed by atoms with Gasteiger partial charge in [0.05, 0.1) is 0 Å². The normalized spacial score (nSPS) is 26.2. The van der Waals surface area contributed by atoms with Crippen molar-refractivity contribution in [3.63, 3.8) is 0 Å². The maximum absolute atomic E-state index is 11.5. The van der Waals surface area contributed by atoms with E-state index in [1.54, 1.807) is 0 Å². The average molecular weight is 230 g/mol. The molecular formula is C11H22N2O3. The van der Waals surface area contributed by atoms with E-state index < -0.39 is 11.7 Å². The van der Waals surface area contributed by atoms with Gasteiger partial charge in [-0.2, -0.15) is 0 Å². The van der Waals surface area contributed by atoms with E-state index in [4.69, 9.17) is 4.74 Å². The Labute approximate surface area is 96.6 Å². The van der Waals surface area contributed by atoms with Gasteiger partial charge in [0.2, 0.25) is 0 Å². The van der Waals surface area contributed by atoms with Crippen molar-refractivity contribution in [1.82, 2.24) is 10.6 Å². The lowest BCUT2D eigenvalue weighted by molar-refractivity contribution is 0.0455. The Morgan fingerprint density at radius 2 is 2.25 bits per heavy atom. The molecule has 5 nitrogen and oxygen atoms in total. The fourth-order valence-corrected chi connectivity index (χ4v) is 1.76. The van der Waals surface area contributed by atoms with Crippen LogP contribution >= 0.6 is 0 Å². The summed E-state index contributed by atoms with van der Waals surface area (Å²) in [6.45, 7) is 7.16. The van der Waals surface area contributed by atoms with Gasteiger partial charge in [0.25, 0.3) is 0 Å². The Kier molecular flexibility index (Phi) is 4.56. The number of hydrogen-bond acceptors (Lipinski definition) is 4. The predicted molar refractivity (Wildman–Crippen MR) is 61.2 cm³/mol. The van der Waals surface area contributed by atoms with Crippen molar-refractivity contribution in [2.75, 3.05) is 19.7 Å². The summed E-state index contributed by atoms with van der Waals surface area (Å²) >= 11 is 0. The summed E-state index contributed by atoms with van der Waals surface area (Å²) in [5.41, 5.74) is -0.485. The fourth-order valence-electron chi connectivity index (χ4n) is 1.76. The van der Waals surface area contributed by atoms with E-state index in [9.17, 15) is 9.90 Å². The van der Waals surface area contributed by atoms with Gasteiger partial charge in [0, 0.05) is 25.1 Å². The Morgan fingerprint density at radius 1 is 1.56 bits per heavy atom. The summed E-state index contributed by atoms with van der Waals surface area (Å²) in [4.78, 5) is 11.5. The summed E-state index contributed by atoms with van der Waals surface area (Å²) in [5.74, 6) is 0.119. The highest BCUT2D eigenvalue weighted by Crippen LogP contribution is 2.13. The minimum absolute atomic E-state index is 0.0476. The fraction of sp³-hybridized carbons (Fsp3) is 0.909. The third-order valence-corrected chi connectivity index (χ3v) is 2.56. The van der Waals surface area contributed by atoms with Crippen LogP contribution in [-0.4, -0.2) is 42.5 Å². The number of piperidine rings is 1. The largest absolute Gasteiger partial charge is 0.444 e. The predicted octanol–water partition coefficient (Wildman–Crippen LogP) is 0.481. The number of carbonyl (C=O) groups excluding carboxylic acids is 1. The van der Waals surface area contributed by atoms with Crippen LogP contribution in [0, 0.1) is 5.92 Å². The molecule has 94 valence electrons. The molecule has 0 unspecified atom stereocenters. The van der Waals surface area contributed by atoms with Gasteiger partial charge in [-0.3, -0.25) is 0 Å². The molecular weight excluding hydrogens is 208 g/mol. The lowest BCUT2D eigenvalue weighted by Gasteiger charge is -2.32. The monoisotopic (exact) mass is 230 g/mol. The SMILES string of the molecule is CC(C)(C)OC(=O)N[C@@H]1CNCC[C@H]1CO. The molecule has 0 bridgehead atoms. The minimum atomic E-state index is -0.485. The maximum atomic E-state index is 11.5. The number of ether oxygens (including phenoxy) is 1. The smallest absolute Gasteiger partial charge is 0.407 e. The van der Waals surface area contributed by atoms with E-state index in [1.165, 1.54) is 0 Å². The number of carbonyl (C=O) groups is 1. The number of alkyl carbamates (subject to hydrolysis) is 1. The summed E-state index contributed by atoms with van der Waals surface area (Å²) in [7, 11) is 0. The van der Waals surface area contributed by atoms with Crippen LogP contribution in [0.15, 0.2) is 0 Å². The summed E-state index contributed by atoms with van der Waals surface area (Å²) in [5, 5.41) is 15.2. The first kappa shape index (κ1) is 13.3. The first-order valence-electron chi connectivity index (χ1n) is 5.73. The lowest BCUT2D eigenvalue weighted by Crippen LogP contribution is -2.52. The molecule has 1 amide bonds. The second-order valence-corrected chi connectivity index (χ2v) is 5.19. The van der Waals surface area contributed by atoms with E-state index in [0.717, 1.165) is 13.0 Å². The molecule has 1 aliphatic heterocycles. The van der Waals surface area contributed by atoms with Crippen molar-refractivity contribution in [3.05, 3.63) is 0 Å². The van der Waals surface area contributed by atoms with Crippen molar-refractivity contribution < 1.29 is 14.6 Å². The molecule has 1 saturated heterocycles. The number of hydrogen-bond donors (Lipinski definition) is 3. The van der Waals surface area contributed by atoms with Gasteiger partial charge in [-0.1, -0.05) is 0 Å². The minimum Gasteiger partial charge on any atom is -0.444 e. The topological polar surface area (TPSA) is 70.6 Å². The van der Waals surface area contributed by atoms with Crippen LogP contribution in [0.5, 0.6) is 0 Å². The number of amides is 1. The standard InChI is InChI=1S/C11H22N2O3/c1-11(2,3)16-10(15)13-9-6-12-5-4-8(9)7-14/h8-9,12,14H,4-7H2,1-3H3,(H,13,15)/t8-,9+/m0/s1. The van der Waals surface area contributed by atoms with Crippen molar-refractivity contribution in [3.8, 4) is 0 Å². The Hall–Kier alpha value is -0.810. The van der Waals surface area contributed by atoms with Crippen molar-refractivity contribution >= 4 is 6.09 Å². The molecule has 0 aromatic rings. The average Bonchev–Trinajstić information content (AvgIpc) is 2.15. The van der Waals surface area contributed by atoms with Crippen LogP contribution in [0.1, 0.15) is 27.2 Å². The molecule has 0 aromatic carbocycles. The molecule has 0 saturated carbocycles. The van der Waals surface area contributed by atoms with Crippen LogP contribution < -0.4 is 10.6 Å². The third kappa shape index (κ3) is 4.37. The van der Waals surface area contributed by atoms with Crippen molar-refractivity contribution in [2.45, 2.75) is 38.8 Å². The molecule has 0 spiro atoms. The zero-order valence-electron chi connectivity index (χ0n) is 10.2. The van der Waals surface area contributed by atoms with Gasteiger partial charge in [-0.15, -0.1) is 0 Å². The zero-order valence-corrected chi connectivity index (χ0v) is 10.2. The van der Waals surface area contributed by atoms with Crippen LogP contribution in [0.2, 0.25) is 0 Å². The Balaban J connectivity index is 2.42. The number of aliphatic hydroxyl groups is 1. The zero-order chi connectivity index (χ0) is 12.2. The van der Waals surface area contributed by atoms with Crippen LogP contribution in [0.3, 0.4) is 0 Å². The Morgan fingerprint density at radius 3 is 2.81 bits per heavy atom. The molecule has 16 heavy (non-hydrogen) atoms. The number of rotatable bonds is 2. The quantitative estimate of drug-likeness (QED) is 0.645. The van der Waals surface area contributed by atoms with E-state index in [0.29, 0.717) is 6.54 Å². The van der Waals surface area contributed by atoms with Gasteiger partial charge < -0.3 is 20.5 Å². The van der Waals surface area contributed by atoms with Crippen molar-refractivity contribution in [1.29, 1.82) is 0 Å². The molecule has 0 aromatic heterocycles. The van der Waals surface area contributed by atoms with E-state index >= 15 is 0 Å². The first-order chi connectivity index (χ1) is 7.42. The number of aliphatic hydroxyl groups excluding tert-OH is 1. The van der Waals surface area contributed by atoms with E-state index in [1.807, 2.05) is 20.8 Å². The molecule has 5 heteroatoms. The molecule has 1 aliphatic rings. The molecule has 0 radical (unpaired) electrons. The summed E-state index contributed by atoms with van der Waals surface area (Å²) < 4.78 is 5.17. The molecule has 2 atom stereocenters. The number of nitrogens with one attached hydrogen (secondary N) is 2. The van der Waals surface area contributed by atoms with Gasteiger partial charge in [0.1, 0.15) is 5.60 Å². The first-order valence-corrected chi connectivity index (χ1v) is 5.73. The van der Waals surface area contributed by atoms with Gasteiger partial charge in [-0.05, 0) is 33.7 Å². The van der Waals surface area contributed by atoms with Gasteiger partial charge in [-0.25, -0.2) is 4.79 Å². The summed E-state index contributed by atoms with van der Waals surface area (Å²) in [6, 6.07) is -0.0476. The third-order valence-electron chi connectivity index (χ3n) is 2.56. The molecule has 1 heterocycles. The summed E-state index contributed by atoms with van der Waals surface area (Å²) in [6.07, 6.45) is 0.455. The Bertz CT molecular complexity index is 238. The maximum Gasteiger partial charge on any atom is 0.407 e. The lowest BCUT2D eigenvalue weighted by atomic mass is 9.94. The van der Waals surface area contributed by atoms with E-state index in [-0.39, 0.29) is 18.6 Å². The van der Waals surface area contributed by atoms with Gasteiger partial charge in [0.15, 0.2) is 0 Å². The second-order valence-electron chi connectivity index (χ2n) is 5.19. The van der Waals surface area contributed by atoms with Crippen LogP contribution in [-0.2, 0) is 4.74 Å². The highest BCUT2D eigenvalue weighted by molar-refractivity contribution is 5.68. The highest BCUT2D eigenvalue weighted by Gasteiger charge is 2.27. The van der Waals surface area contributed by atoms with Gasteiger partial charge >= 0.3 is 6.09 Å². The molecule has 0 aliphatic carbocycles. The van der Waals surface area contributed by atoms with Crippen LogP contribution in [0.4, 0.5) is 4.79 Å². The van der Waals surface area contributed by atoms with Crippen LogP contribution in [0.25, 0.3) is 0 Å². The molecule has 3 N–H and O–H groups in total.